The van der Waals surface area contributed by atoms with Crippen LogP contribution in [0.25, 0.3) is 11.1 Å². The fraction of sp³-hybridized carbons (Fsp3) is 0.200. The highest BCUT2D eigenvalue weighted by Gasteiger charge is 2.52. The van der Waals surface area contributed by atoms with Crippen molar-refractivity contribution >= 4 is 15.9 Å². The smallest absolute Gasteiger partial charge is 0.0256 e. The van der Waals surface area contributed by atoms with Crippen LogP contribution in [0.15, 0.2) is 46.9 Å². The predicted molar refractivity (Wildman–Crippen MR) is 69.6 cm³/mol. The molecule has 1 spiro atoms. The van der Waals surface area contributed by atoms with Gasteiger partial charge in [0, 0.05) is 15.5 Å². The SMILES string of the molecule is Brc1cccc2c1-c1ccccc1C21CC1. The van der Waals surface area contributed by atoms with Crippen LogP contribution in [0.1, 0.15) is 24.0 Å². The predicted octanol–water partition coefficient (Wildman–Crippen LogP) is 4.51. The summed E-state index contributed by atoms with van der Waals surface area (Å²) in [6, 6.07) is 15.5. The van der Waals surface area contributed by atoms with E-state index < -0.39 is 0 Å². The summed E-state index contributed by atoms with van der Waals surface area (Å²) in [7, 11) is 0. The monoisotopic (exact) mass is 270 g/mol. The number of halogens is 1. The van der Waals surface area contributed by atoms with Crippen LogP contribution in [0.2, 0.25) is 0 Å². The Morgan fingerprint density at radius 1 is 0.875 bits per heavy atom. The van der Waals surface area contributed by atoms with Crippen LogP contribution in [0, 0.1) is 0 Å². The van der Waals surface area contributed by atoms with Crippen molar-refractivity contribution in [3.05, 3.63) is 58.1 Å². The van der Waals surface area contributed by atoms with E-state index in [1.54, 1.807) is 0 Å². The molecule has 16 heavy (non-hydrogen) atoms. The van der Waals surface area contributed by atoms with Gasteiger partial charge in [-0.3, -0.25) is 0 Å². The third-order valence-corrected chi connectivity index (χ3v) is 4.65. The average molecular weight is 271 g/mol. The lowest BCUT2D eigenvalue weighted by atomic mass is 9.94. The molecule has 78 valence electrons. The van der Waals surface area contributed by atoms with Gasteiger partial charge in [-0.1, -0.05) is 52.3 Å². The van der Waals surface area contributed by atoms with Crippen LogP contribution in [0.4, 0.5) is 0 Å². The number of benzene rings is 2. The van der Waals surface area contributed by atoms with Crippen molar-refractivity contribution in [2.75, 3.05) is 0 Å². The first-order valence-corrected chi connectivity index (χ1v) is 6.51. The van der Waals surface area contributed by atoms with Gasteiger partial charge in [-0.05, 0) is 35.6 Å². The lowest BCUT2D eigenvalue weighted by Crippen LogP contribution is -2.02. The molecule has 0 saturated heterocycles. The Morgan fingerprint density at radius 2 is 1.62 bits per heavy atom. The summed E-state index contributed by atoms with van der Waals surface area (Å²) in [4.78, 5) is 0. The molecule has 0 atom stereocenters. The normalized spacial score (nSPS) is 18.3. The zero-order valence-corrected chi connectivity index (χ0v) is 10.4. The Labute approximate surface area is 103 Å². The van der Waals surface area contributed by atoms with Crippen LogP contribution >= 0.6 is 15.9 Å². The minimum Gasteiger partial charge on any atom is -0.0619 e. The molecular weight excluding hydrogens is 260 g/mol. The van der Waals surface area contributed by atoms with Gasteiger partial charge in [0.15, 0.2) is 0 Å². The number of hydrogen-bond acceptors (Lipinski definition) is 0. The quantitative estimate of drug-likeness (QED) is 0.661. The third-order valence-electron chi connectivity index (χ3n) is 3.99. The van der Waals surface area contributed by atoms with Crippen molar-refractivity contribution in [2.24, 2.45) is 0 Å². The maximum Gasteiger partial charge on any atom is 0.0256 e. The van der Waals surface area contributed by atoms with Crippen molar-refractivity contribution < 1.29 is 0 Å². The lowest BCUT2D eigenvalue weighted by Gasteiger charge is -2.09. The highest BCUT2D eigenvalue weighted by atomic mass is 79.9. The third kappa shape index (κ3) is 0.910. The molecular formula is C15H11Br. The molecule has 2 aliphatic rings. The second kappa shape index (κ2) is 2.78. The molecule has 1 fully saturated rings. The molecule has 0 amide bonds. The molecule has 1 saturated carbocycles. The molecule has 0 aromatic heterocycles. The number of hydrogen-bond donors (Lipinski definition) is 0. The average Bonchev–Trinajstić information content (AvgIpc) is 3.04. The van der Waals surface area contributed by atoms with E-state index in [0.717, 1.165) is 0 Å². The second-order valence-electron chi connectivity index (χ2n) is 4.79. The van der Waals surface area contributed by atoms with Crippen LogP contribution in [0.3, 0.4) is 0 Å². The minimum absolute atomic E-state index is 0.371. The van der Waals surface area contributed by atoms with Gasteiger partial charge in [-0.15, -0.1) is 0 Å². The maximum atomic E-state index is 3.70. The zero-order valence-electron chi connectivity index (χ0n) is 8.83. The molecule has 2 aromatic carbocycles. The fourth-order valence-electron chi connectivity index (χ4n) is 3.12. The summed E-state index contributed by atoms with van der Waals surface area (Å²) in [6.07, 6.45) is 2.63. The zero-order chi connectivity index (χ0) is 10.8. The molecule has 0 nitrogen and oxygen atoms in total. The van der Waals surface area contributed by atoms with E-state index in [0.29, 0.717) is 5.41 Å². The number of fused-ring (bicyclic) bond motifs is 5. The first kappa shape index (κ1) is 9.00. The summed E-state index contributed by atoms with van der Waals surface area (Å²) >= 11 is 3.70. The molecule has 0 heterocycles. The lowest BCUT2D eigenvalue weighted by molar-refractivity contribution is 0.879. The Hall–Kier alpha value is -1.08. The van der Waals surface area contributed by atoms with Crippen LogP contribution in [-0.2, 0) is 5.41 Å². The molecule has 2 aromatic rings. The maximum absolute atomic E-state index is 3.70. The minimum atomic E-state index is 0.371. The molecule has 0 radical (unpaired) electrons. The molecule has 0 bridgehead atoms. The van der Waals surface area contributed by atoms with E-state index in [4.69, 9.17) is 0 Å². The van der Waals surface area contributed by atoms with Gasteiger partial charge in [0.2, 0.25) is 0 Å². The van der Waals surface area contributed by atoms with E-state index in [2.05, 4.69) is 58.4 Å². The van der Waals surface area contributed by atoms with E-state index in [1.807, 2.05) is 0 Å². The summed E-state index contributed by atoms with van der Waals surface area (Å²) < 4.78 is 1.24. The number of rotatable bonds is 0. The topological polar surface area (TPSA) is 0 Å². The van der Waals surface area contributed by atoms with E-state index in [9.17, 15) is 0 Å². The molecule has 0 aliphatic heterocycles. The second-order valence-corrected chi connectivity index (χ2v) is 5.64. The largest absolute Gasteiger partial charge is 0.0619 e. The van der Waals surface area contributed by atoms with Crippen LogP contribution in [0.5, 0.6) is 0 Å². The van der Waals surface area contributed by atoms with Gasteiger partial charge in [0.25, 0.3) is 0 Å². The molecule has 4 rings (SSSR count). The van der Waals surface area contributed by atoms with Gasteiger partial charge in [0.05, 0.1) is 0 Å². The summed E-state index contributed by atoms with van der Waals surface area (Å²) in [6.45, 7) is 0. The highest BCUT2D eigenvalue weighted by Crippen LogP contribution is 2.63. The van der Waals surface area contributed by atoms with Gasteiger partial charge in [-0.2, -0.15) is 0 Å². The van der Waals surface area contributed by atoms with Crippen molar-refractivity contribution in [3.63, 3.8) is 0 Å². The Bertz CT molecular complexity index is 594. The van der Waals surface area contributed by atoms with Crippen molar-refractivity contribution in [3.8, 4) is 11.1 Å². The standard InChI is InChI=1S/C15H11Br/c16-13-7-3-6-12-14(13)10-4-1-2-5-11(10)15(12)8-9-15/h1-7H,8-9H2. The van der Waals surface area contributed by atoms with E-state index in [-0.39, 0.29) is 0 Å². The first-order chi connectivity index (χ1) is 7.83. The highest BCUT2D eigenvalue weighted by molar-refractivity contribution is 9.10. The molecule has 1 heteroatoms. The molecule has 2 aliphatic carbocycles. The van der Waals surface area contributed by atoms with Crippen LogP contribution < -0.4 is 0 Å². The first-order valence-electron chi connectivity index (χ1n) is 5.72. The van der Waals surface area contributed by atoms with Crippen LogP contribution in [-0.4, -0.2) is 0 Å². The van der Waals surface area contributed by atoms with E-state index >= 15 is 0 Å². The van der Waals surface area contributed by atoms with E-state index in [1.165, 1.54) is 39.6 Å². The summed E-state index contributed by atoms with van der Waals surface area (Å²) in [5.41, 5.74) is 6.30. The Kier molecular flexibility index (Phi) is 1.56. The van der Waals surface area contributed by atoms with Gasteiger partial charge >= 0.3 is 0 Å². The van der Waals surface area contributed by atoms with Gasteiger partial charge < -0.3 is 0 Å². The fourth-order valence-corrected chi connectivity index (χ4v) is 3.70. The van der Waals surface area contributed by atoms with Gasteiger partial charge in [-0.25, -0.2) is 0 Å². The molecule has 0 N–H and O–H groups in total. The Morgan fingerprint density at radius 3 is 2.44 bits per heavy atom. The Balaban J connectivity index is 2.16. The van der Waals surface area contributed by atoms with Crippen molar-refractivity contribution in [2.45, 2.75) is 18.3 Å². The summed E-state index contributed by atoms with van der Waals surface area (Å²) in [5, 5.41) is 0. The molecule has 0 unspecified atom stereocenters. The van der Waals surface area contributed by atoms with Gasteiger partial charge in [0.1, 0.15) is 0 Å². The van der Waals surface area contributed by atoms with Crippen molar-refractivity contribution in [1.82, 2.24) is 0 Å². The van der Waals surface area contributed by atoms with Crippen molar-refractivity contribution in [1.29, 1.82) is 0 Å². The summed E-state index contributed by atoms with van der Waals surface area (Å²) in [5.74, 6) is 0.